The normalized spacial score (nSPS) is 12.2. The van der Waals surface area contributed by atoms with E-state index in [1.165, 1.54) is 0 Å². The zero-order chi connectivity index (χ0) is 13.7. The molecule has 0 saturated carbocycles. The molecule has 1 N–H and O–H groups in total. The number of ether oxygens (including phenoxy) is 1. The van der Waals surface area contributed by atoms with Gasteiger partial charge in [-0.25, -0.2) is 0 Å². The van der Waals surface area contributed by atoms with Crippen LogP contribution in [0.15, 0.2) is 47.1 Å². The number of aromatic nitrogens is 1. The van der Waals surface area contributed by atoms with Gasteiger partial charge in [0.2, 0.25) is 0 Å². The van der Waals surface area contributed by atoms with Crippen molar-refractivity contribution < 1.29 is 9.84 Å². The Morgan fingerprint density at radius 2 is 2.16 bits per heavy atom. The van der Waals surface area contributed by atoms with Crippen LogP contribution in [0.25, 0.3) is 0 Å². The lowest BCUT2D eigenvalue weighted by molar-refractivity contribution is 0.107. The second-order valence-electron chi connectivity index (χ2n) is 4.09. The van der Waals surface area contributed by atoms with Crippen molar-refractivity contribution in [2.75, 3.05) is 6.61 Å². The highest BCUT2D eigenvalue weighted by Crippen LogP contribution is 2.17. The molecule has 0 amide bonds. The Morgan fingerprint density at radius 1 is 1.32 bits per heavy atom. The highest BCUT2D eigenvalue weighted by Gasteiger charge is 2.08. The second-order valence-corrected chi connectivity index (χ2v) is 5.45. The predicted octanol–water partition coefficient (Wildman–Crippen LogP) is 3.48. The molecule has 5 heteroatoms. The number of benzene rings is 1. The molecule has 2 aromatic rings. The minimum Gasteiger partial charge on any atom is -0.491 e. The molecule has 19 heavy (non-hydrogen) atoms. The first-order chi connectivity index (χ1) is 9.13. The molecule has 1 unspecified atom stereocenters. The first-order valence-corrected chi connectivity index (χ1v) is 6.97. The lowest BCUT2D eigenvalue weighted by Gasteiger charge is -2.12. The summed E-state index contributed by atoms with van der Waals surface area (Å²) >= 11 is 9.17. The number of hydrogen-bond donors (Lipinski definition) is 1. The van der Waals surface area contributed by atoms with Crippen molar-refractivity contribution in [3.05, 3.63) is 57.8 Å². The van der Waals surface area contributed by atoms with Crippen LogP contribution >= 0.6 is 27.5 Å². The zero-order valence-corrected chi connectivity index (χ0v) is 12.4. The standard InChI is InChI=1S/C14H13BrClNO2/c15-10-4-5-12(17-8-10)7-13(18)9-19-14-3-1-2-11(16)6-14/h1-6,8,13,18H,7,9H2. The van der Waals surface area contributed by atoms with E-state index >= 15 is 0 Å². The molecule has 0 aliphatic rings. The molecule has 0 saturated heterocycles. The van der Waals surface area contributed by atoms with Crippen LogP contribution in [0.3, 0.4) is 0 Å². The zero-order valence-electron chi connectivity index (χ0n) is 10.1. The summed E-state index contributed by atoms with van der Waals surface area (Å²) in [7, 11) is 0. The van der Waals surface area contributed by atoms with Crippen LogP contribution < -0.4 is 4.74 Å². The van der Waals surface area contributed by atoms with Crippen LogP contribution in [0, 0.1) is 0 Å². The van der Waals surface area contributed by atoms with E-state index in [0.717, 1.165) is 10.2 Å². The lowest BCUT2D eigenvalue weighted by Crippen LogP contribution is -2.20. The summed E-state index contributed by atoms with van der Waals surface area (Å²) in [5.74, 6) is 0.648. The number of aliphatic hydroxyl groups is 1. The summed E-state index contributed by atoms with van der Waals surface area (Å²) < 4.78 is 6.39. The minimum atomic E-state index is -0.604. The van der Waals surface area contributed by atoms with Gasteiger partial charge in [-0.05, 0) is 46.3 Å². The van der Waals surface area contributed by atoms with Gasteiger partial charge in [0.25, 0.3) is 0 Å². The Bertz CT molecular complexity index is 533. The monoisotopic (exact) mass is 341 g/mol. The molecule has 0 aliphatic carbocycles. The maximum atomic E-state index is 9.89. The molecule has 0 aliphatic heterocycles. The number of halogens is 2. The van der Waals surface area contributed by atoms with E-state index < -0.39 is 6.10 Å². The van der Waals surface area contributed by atoms with E-state index in [1.807, 2.05) is 12.1 Å². The Morgan fingerprint density at radius 3 is 2.84 bits per heavy atom. The number of rotatable bonds is 5. The Hall–Kier alpha value is -1.10. The van der Waals surface area contributed by atoms with E-state index in [1.54, 1.807) is 30.5 Å². The van der Waals surface area contributed by atoms with Gasteiger partial charge >= 0.3 is 0 Å². The molecule has 0 fully saturated rings. The van der Waals surface area contributed by atoms with E-state index in [9.17, 15) is 5.11 Å². The van der Waals surface area contributed by atoms with E-state index in [-0.39, 0.29) is 6.61 Å². The highest BCUT2D eigenvalue weighted by molar-refractivity contribution is 9.10. The summed E-state index contributed by atoms with van der Waals surface area (Å²) in [6, 6.07) is 10.9. The van der Waals surface area contributed by atoms with Crippen LogP contribution in [0.5, 0.6) is 5.75 Å². The smallest absolute Gasteiger partial charge is 0.120 e. The van der Waals surface area contributed by atoms with Crippen LogP contribution in [-0.2, 0) is 6.42 Å². The minimum absolute atomic E-state index is 0.206. The van der Waals surface area contributed by atoms with Crippen LogP contribution in [-0.4, -0.2) is 22.8 Å². The first-order valence-electron chi connectivity index (χ1n) is 5.80. The van der Waals surface area contributed by atoms with Crippen molar-refractivity contribution in [3.63, 3.8) is 0 Å². The largest absolute Gasteiger partial charge is 0.491 e. The quantitative estimate of drug-likeness (QED) is 0.904. The van der Waals surface area contributed by atoms with Crippen molar-refractivity contribution in [1.29, 1.82) is 0 Å². The lowest BCUT2D eigenvalue weighted by atomic mass is 10.2. The molecule has 1 aromatic carbocycles. The van der Waals surface area contributed by atoms with Crippen molar-refractivity contribution >= 4 is 27.5 Å². The molecule has 0 spiro atoms. The van der Waals surface area contributed by atoms with Gasteiger partial charge in [0, 0.05) is 27.8 Å². The van der Waals surface area contributed by atoms with Crippen LogP contribution in [0.1, 0.15) is 5.69 Å². The maximum Gasteiger partial charge on any atom is 0.120 e. The fourth-order valence-electron chi connectivity index (χ4n) is 1.58. The first kappa shape index (κ1) is 14.3. The molecule has 3 nitrogen and oxygen atoms in total. The molecule has 1 heterocycles. The van der Waals surface area contributed by atoms with Gasteiger partial charge in [-0.15, -0.1) is 0 Å². The fourth-order valence-corrected chi connectivity index (χ4v) is 1.99. The molecule has 1 atom stereocenters. The second kappa shape index (κ2) is 6.89. The third-order valence-electron chi connectivity index (χ3n) is 2.47. The summed E-state index contributed by atoms with van der Waals surface area (Å²) in [4.78, 5) is 4.20. The van der Waals surface area contributed by atoms with Gasteiger partial charge in [-0.3, -0.25) is 4.98 Å². The Labute approximate surface area is 125 Å². The molecule has 0 bridgehead atoms. The van der Waals surface area contributed by atoms with Crippen LogP contribution in [0.4, 0.5) is 0 Å². The predicted molar refractivity (Wildman–Crippen MR) is 78.6 cm³/mol. The van der Waals surface area contributed by atoms with Crippen molar-refractivity contribution in [2.24, 2.45) is 0 Å². The molecule has 1 aromatic heterocycles. The number of pyridine rings is 1. The molecular formula is C14H13BrClNO2. The average Bonchev–Trinajstić information content (AvgIpc) is 2.39. The van der Waals surface area contributed by atoms with Crippen molar-refractivity contribution in [1.82, 2.24) is 4.98 Å². The van der Waals surface area contributed by atoms with Gasteiger partial charge in [-0.2, -0.15) is 0 Å². The van der Waals surface area contributed by atoms with Crippen molar-refractivity contribution in [3.8, 4) is 5.75 Å². The maximum absolute atomic E-state index is 9.89. The Kier molecular flexibility index (Phi) is 5.19. The molecule has 100 valence electrons. The van der Waals surface area contributed by atoms with Gasteiger partial charge in [0.05, 0.1) is 6.10 Å². The third kappa shape index (κ3) is 4.82. The number of hydrogen-bond acceptors (Lipinski definition) is 3. The van der Waals surface area contributed by atoms with Gasteiger partial charge < -0.3 is 9.84 Å². The van der Waals surface area contributed by atoms with E-state index in [0.29, 0.717) is 17.2 Å². The Balaban J connectivity index is 1.84. The van der Waals surface area contributed by atoms with Gasteiger partial charge in [0.1, 0.15) is 12.4 Å². The summed E-state index contributed by atoms with van der Waals surface area (Å²) in [6.07, 6.45) is 1.56. The highest BCUT2D eigenvalue weighted by atomic mass is 79.9. The number of nitrogens with zero attached hydrogens (tertiary/aromatic N) is 1. The fraction of sp³-hybridized carbons (Fsp3) is 0.214. The van der Waals surface area contributed by atoms with Crippen LogP contribution in [0.2, 0.25) is 5.02 Å². The van der Waals surface area contributed by atoms with Gasteiger partial charge in [0.15, 0.2) is 0 Å². The summed E-state index contributed by atoms with van der Waals surface area (Å²) in [6.45, 7) is 0.206. The molecule has 2 rings (SSSR count). The van der Waals surface area contributed by atoms with Gasteiger partial charge in [-0.1, -0.05) is 17.7 Å². The average molecular weight is 343 g/mol. The molecular weight excluding hydrogens is 330 g/mol. The third-order valence-corrected chi connectivity index (χ3v) is 3.18. The van der Waals surface area contributed by atoms with E-state index in [4.69, 9.17) is 16.3 Å². The SMILES string of the molecule is OC(COc1cccc(Cl)c1)Cc1ccc(Br)cn1. The molecule has 0 radical (unpaired) electrons. The van der Waals surface area contributed by atoms with E-state index in [2.05, 4.69) is 20.9 Å². The topological polar surface area (TPSA) is 42.4 Å². The van der Waals surface area contributed by atoms with Crippen molar-refractivity contribution in [2.45, 2.75) is 12.5 Å². The summed E-state index contributed by atoms with van der Waals surface area (Å²) in [5.41, 5.74) is 0.824. The number of aliphatic hydroxyl groups excluding tert-OH is 1. The summed E-state index contributed by atoms with van der Waals surface area (Å²) in [5, 5.41) is 10.5.